The van der Waals surface area contributed by atoms with Crippen molar-refractivity contribution in [3.8, 4) is 17.3 Å². The van der Waals surface area contributed by atoms with Gasteiger partial charge in [0.1, 0.15) is 0 Å². The third kappa shape index (κ3) is 3.03. The molecule has 1 aliphatic heterocycles. The van der Waals surface area contributed by atoms with Gasteiger partial charge in [0.25, 0.3) is 5.91 Å². The molecule has 0 radical (unpaired) electrons. The highest BCUT2D eigenvalue weighted by Gasteiger charge is 2.21. The number of nitrogens with one attached hydrogen (secondary N) is 1. The quantitative estimate of drug-likeness (QED) is 0.720. The van der Waals surface area contributed by atoms with Crippen LogP contribution in [-0.4, -0.2) is 10.8 Å². The SMILES string of the molecule is N#CN1Cc2cccc(-c3cccc(C(=O)Nc4ccccc4)c3)c2C1. The minimum Gasteiger partial charge on any atom is -0.322 e. The Morgan fingerprint density at radius 1 is 0.962 bits per heavy atom. The fraction of sp³-hybridized carbons (Fsp3) is 0.0909. The number of amides is 1. The molecule has 0 aliphatic carbocycles. The number of nitrogens with zero attached hydrogens (tertiary/aromatic N) is 2. The highest BCUT2D eigenvalue weighted by atomic mass is 16.1. The third-order valence-electron chi connectivity index (χ3n) is 4.59. The lowest BCUT2D eigenvalue weighted by Gasteiger charge is -2.10. The maximum atomic E-state index is 12.6. The molecule has 4 heteroatoms. The van der Waals surface area contributed by atoms with Crippen molar-refractivity contribution in [2.75, 3.05) is 5.32 Å². The average molecular weight is 339 g/mol. The van der Waals surface area contributed by atoms with Crippen molar-refractivity contribution in [3.05, 3.63) is 89.5 Å². The van der Waals surface area contributed by atoms with Gasteiger partial charge in [-0.25, -0.2) is 0 Å². The van der Waals surface area contributed by atoms with E-state index in [2.05, 4.69) is 17.6 Å². The second kappa shape index (κ2) is 6.73. The minimum absolute atomic E-state index is 0.135. The van der Waals surface area contributed by atoms with Crippen molar-refractivity contribution in [2.24, 2.45) is 0 Å². The van der Waals surface area contributed by atoms with Crippen LogP contribution < -0.4 is 5.32 Å². The number of carbonyl (C=O) groups excluding carboxylic acids is 1. The zero-order chi connectivity index (χ0) is 17.9. The van der Waals surface area contributed by atoms with Crippen LogP contribution in [0.3, 0.4) is 0 Å². The molecule has 0 saturated carbocycles. The van der Waals surface area contributed by atoms with Gasteiger partial charge in [-0.15, -0.1) is 0 Å². The van der Waals surface area contributed by atoms with Gasteiger partial charge in [-0.1, -0.05) is 48.5 Å². The standard InChI is InChI=1S/C22H17N3O/c23-15-25-13-18-8-5-11-20(21(18)14-25)16-6-4-7-17(12-16)22(26)24-19-9-2-1-3-10-19/h1-12H,13-14H2,(H,24,26). The lowest BCUT2D eigenvalue weighted by Crippen LogP contribution is -2.11. The molecule has 1 amide bonds. The van der Waals surface area contributed by atoms with E-state index >= 15 is 0 Å². The molecule has 3 aromatic rings. The molecule has 26 heavy (non-hydrogen) atoms. The summed E-state index contributed by atoms with van der Waals surface area (Å²) in [7, 11) is 0. The first kappa shape index (κ1) is 15.9. The summed E-state index contributed by atoms with van der Waals surface area (Å²) in [6.07, 6.45) is 2.22. The van der Waals surface area contributed by atoms with E-state index in [0.29, 0.717) is 18.7 Å². The number of anilines is 1. The van der Waals surface area contributed by atoms with Crippen molar-refractivity contribution >= 4 is 11.6 Å². The summed E-state index contributed by atoms with van der Waals surface area (Å²) in [5.41, 5.74) is 5.78. The highest BCUT2D eigenvalue weighted by molar-refractivity contribution is 6.05. The molecular formula is C22H17N3O. The van der Waals surface area contributed by atoms with Crippen molar-refractivity contribution in [1.82, 2.24) is 4.90 Å². The van der Waals surface area contributed by atoms with Crippen LogP contribution >= 0.6 is 0 Å². The molecule has 0 saturated heterocycles. The normalized spacial score (nSPS) is 12.3. The molecule has 4 rings (SSSR count). The zero-order valence-electron chi connectivity index (χ0n) is 14.1. The van der Waals surface area contributed by atoms with Gasteiger partial charge < -0.3 is 10.2 Å². The molecule has 4 nitrogen and oxygen atoms in total. The average Bonchev–Trinajstić information content (AvgIpc) is 3.12. The predicted molar refractivity (Wildman–Crippen MR) is 101 cm³/mol. The highest BCUT2D eigenvalue weighted by Crippen LogP contribution is 2.32. The van der Waals surface area contributed by atoms with E-state index in [9.17, 15) is 10.1 Å². The molecule has 1 heterocycles. The molecule has 0 aromatic heterocycles. The van der Waals surface area contributed by atoms with E-state index in [4.69, 9.17) is 0 Å². The number of para-hydroxylation sites is 1. The first-order chi connectivity index (χ1) is 12.7. The number of hydrogen-bond donors (Lipinski definition) is 1. The summed E-state index contributed by atoms with van der Waals surface area (Å²) < 4.78 is 0. The van der Waals surface area contributed by atoms with Gasteiger partial charge in [0, 0.05) is 11.3 Å². The Balaban J connectivity index is 1.65. The van der Waals surface area contributed by atoms with Crippen molar-refractivity contribution in [1.29, 1.82) is 5.26 Å². The van der Waals surface area contributed by atoms with Gasteiger partial charge >= 0.3 is 0 Å². The monoisotopic (exact) mass is 339 g/mol. The van der Waals surface area contributed by atoms with Crippen LogP contribution in [0.15, 0.2) is 72.8 Å². The number of nitriles is 1. The molecule has 1 N–H and O–H groups in total. The van der Waals surface area contributed by atoms with Crippen LogP contribution in [-0.2, 0) is 13.1 Å². The molecule has 0 fully saturated rings. The van der Waals surface area contributed by atoms with Gasteiger partial charge in [0.15, 0.2) is 6.19 Å². The van der Waals surface area contributed by atoms with E-state index in [-0.39, 0.29) is 5.91 Å². The minimum atomic E-state index is -0.135. The van der Waals surface area contributed by atoms with E-state index < -0.39 is 0 Å². The Morgan fingerprint density at radius 2 is 1.77 bits per heavy atom. The van der Waals surface area contributed by atoms with Crippen LogP contribution in [0.5, 0.6) is 0 Å². The Morgan fingerprint density at radius 3 is 2.58 bits per heavy atom. The first-order valence-corrected chi connectivity index (χ1v) is 8.47. The fourth-order valence-electron chi connectivity index (χ4n) is 3.32. The summed E-state index contributed by atoms with van der Waals surface area (Å²) in [5, 5.41) is 12.1. The lowest BCUT2D eigenvalue weighted by molar-refractivity contribution is 0.102. The second-order valence-electron chi connectivity index (χ2n) is 6.30. The van der Waals surface area contributed by atoms with Gasteiger partial charge in [0.2, 0.25) is 0 Å². The molecular weight excluding hydrogens is 322 g/mol. The van der Waals surface area contributed by atoms with Gasteiger partial charge in [-0.2, -0.15) is 5.26 Å². The topological polar surface area (TPSA) is 56.1 Å². The number of fused-ring (bicyclic) bond motifs is 1. The Bertz CT molecular complexity index is 1010. The first-order valence-electron chi connectivity index (χ1n) is 8.47. The maximum Gasteiger partial charge on any atom is 0.255 e. The van der Waals surface area contributed by atoms with E-state index in [1.54, 1.807) is 4.90 Å². The summed E-state index contributed by atoms with van der Waals surface area (Å²) in [4.78, 5) is 14.3. The van der Waals surface area contributed by atoms with Crippen LogP contribution in [0.1, 0.15) is 21.5 Å². The molecule has 126 valence electrons. The van der Waals surface area contributed by atoms with Crippen LogP contribution in [0.4, 0.5) is 5.69 Å². The predicted octanol–water partition coefficient (Wildman–Crippen LogP) is 4.40. The van der Waals surface area contributed by atoms with E-state index in [1.807, 2.05) is 66.7 Å². The number of rotatable bonds is 3. The Hall–Kier alpha value is -3.58. The third-order valence-corrected chi connectivity index (χ3v) is 4.59. The zero-order valence-corrected chi connectivity index (χ0v) is 14.1. The molecule has 3 aromatic carbocycles. The molecule has 0 bridgehead atoms. The largest absolute Gasteiger partial charge is 0.322 e. The Kier molecular flexibility index (Phi) is 4.12. The van der Waals surface area contributed by atoms with Crippen LogP contribution in [0, 0.1) is 11.5 Å². The van der Waals surface area contributed by atoms with E-state index in [0.717, 1.165) is 22.4 Å². The maximum absolute atomic E-state index is 12.6. The smallest absolute Gasteiger partial charge is 0.255 e. The second-order valence-corrected chi connectivity index (χ2v) is 6.30. The summed E-state index contributed by atoms with van der Waals surface area (Å²) in [5.74, 6) is -0.135. The van der Waals surface area contributed by atoms with Crippen molar-refractivity contribution in [2.45, 2.75) is 13.1 Å². The van der Waals surface area contributed by atoms with Crippen molar-refractivity contribution < 1.29 is 4.79 Å². The number of benzene rings is 3. The number of carbonyl (C=O) groups is 1. The fourth-order valence-corrected chi connectivity index (χ4v) is 3.32. The molecule has 1 aliphatic rings. The molecule has 0 spiro atoms. The van der Waals surface area contributed by atoms with Crippen molar-refractivity contribution in [3.63, 3.8) is 0 Å². The summed E-state index contributed by atoms with van der Waals surface area (Å²) >= 11 is 0. The van der Waals surface area contributed by atoms with E-state index in [1.165, 1.54) is 5.56 Å². The Labute approximate surface area is 152 Å². The van der Waals surface area contributed by atoms with Gasteiger partial charge in [-0.05, 0) is 46.5 Å². The lowest BCUT2D eigenvalue weighted by atomic mass is 9.96. The number of hydrogen-bond acceptors (Lipinski definition) is 3. The van der Waals surface area contributed by atoms with Crippen LogP contribution in [0.25, 0.3) is 11.1 Å². The van der Waals surface area contributed by atoms with Gasteiger partial charge in [-0.3, -0.25) is 4.79 Å². The van der Waals surface area contributed by atoms with Gasteiger partial charge in [0.05, 0.1) is 13.1 Å². The molecule has 0 atom stereocenters. The molecule has 0 unspecified atom stereocenters. The van der Waals surface area contributed by atoms with Crippen LogP contribution in [0.2, 0.25) is 0 Å². The summed E-state index contributed by atoms with van der Waals surface area (Å²) in [6, 6.07) is 23.1. The summed E-state index contributed by atoms with van der Waals surface area (Å²) in [6.45, 7) is 1.26.